The van der Waals surface area contributed by atoms with E-state index in [1.54, 1.807) is 18.2 Å². The fourth-order valence-electron chi connectivity index (χ4n) is 2.68. The molecule has 3 aromatic rings. The molecule has 1 aromatic heterocycles. The number of rotatable bonds is 8. The lowest BCUT2D eigenvalue weighted by Crippen LogP contribution is -2.35. The Morgan fingerprint density at radius 3 is 2.67 bits per heavy atom. The summed E-state index contributed by atoms with van der Waals surface area (Å²) >= 11 is 0. The first-order valence-electron chi connectivity index (χ1n) is 9.22. The molecule has 0 radical (unpaired) electrons. The molecule has 2 aromatic carbocycles. The third-order valence-corrected chi connectivity index (χ3v) is 3.97. The van der Waals surface area contributed by atoms with E-state index in [-0.39, 0.29) is 30.2 Å². The van der Waals surface area contributed by atoms with Gasteiger partial charge in [-0.05, 0) is 37.3 Å². The molecule has 3 rings (SSSR count). The van der Waals surface area contributed by atoms with Crippen LogP contribution >= 0.6 is 0 Å². The number of oxazole rings is 1. The molecule has 0 aliphatic carbocycles. The van der Waals surface area contributed by atoms with Gasteiger partial charge in [0.1, 0.15) is 17.9 Å². The highest BCUT2D eigenvalue weighted by molar-refractivity contribution is 5.77. The van der Waals surface area contributed by atoms with Crippen LogP contribution in [0.2, 0.25) is 0 Å². The molecule has 0 saturated heterocycles. The third-order valence-electron chi connectivity index (χ3n) is 3.97. The quantitative estimate of drug-likeness (QED) is 0.576. The van der Waals surface area contributed by atoms with Crippen molar-refractivity contribution >= 4 is 17.0 Å². The summed E-state index contributed by atoms with van der Waals surface area (Å²) in [5.41, 5.74) is 1.31. The van der Waals surface area contributed by atoms with Crippen molar-refractivity contribution in [2.75, 3.05) is 13.2 Å². The van der Waals surface area contributed by atoms with Gasteiger partial charge in [-0.25, -0.2) is 18.2 Å². The number of benzene rings is 2. The predicted molar refractivity (Wildman–Crippen MR) is 104 cm³/mol. The predicted octanol–water partition coefficient (Wildman–Crippen LogP) is 4.57. The van der Waals surface area contributed by atoms with Crippen molar-refractivity contribution in [3.8, 4) is 23.0 Å². The number of aromatic nitrogens is 1. The van der Waals surface area contributed by atoms with Crippen LogP contribution in [0, 0.1) is 5.82 Å². The number of nitrogens with one attached hydrogen (secondary N) is 1. The molecule has 1 amide bonds. The maximum absolute atomic E-state index is 14.2. The molecular formula is C21H21F3N2O4. The summed E-state index contributed by atoms with van der Waals surface area (Å²) in [6.07, 6.45) is 0. The van der Waals surface area contributed by atoms with Gasteiger partial charge in [-0.1, -0.05) is 0 Å². The van der Waals surface area contributed by atoms with Crippen LogP contribution in [0.5, 0.6) is 11.5 Å². The molecule has 160 valence electrons. The van der Waals surface area contributed by atoms with Crippen LogP contribution < -0.4 is 14.8 Å². The molecule has 0 spiro atoms. The molecule has 0 fully saturated rings. The first kappa shape index (κ1) is 21.5. The Labute approximate surface area is 171 Å². The maximum Gasteiger partial charge on any atom is 0.278 e. The van der Waals surface area contributed by atoms with E-state index in [1.807, 2.05) is 6.92 Å². The lowest BCUT2D eigenvalue weighted by atomic mass is 10.2. The average Bonchev–Trinajstić information content (AvgIpc) is 3.07. The summed E-state index contributed by atoms with van der Waals surface area (Å²) in [7, 11) is 0. The molecule has 1 atom stereocenters. The first-order valence-corrected chi connectivity index (χ1v) is 9.22. The molecule has 30 heavy (non-hydrogen) atoms. The Balaban J connectivity index is 1.74. The first-order chi connectivity index (χ1) is 14.1. The molecule has 0 aliphatic rings. The van der Waals surface area contributed by atoms with Crippen molar-refractivity contribution < 1.29 is 31.9 Å². The van der Waals surface area contributed by atoms with Crippen LogP contribution in [0.1, 0.15) is 20.8 Å². The molecule has 1 heterocycles. The second-order valence-corrected chi connectivity index (χ2v) is 7.07. The van der Waals surface area contributed by atoms with Gasteiger partial charge in [-0.3, -0.25) is 4.79 Å². The topological polar surface area (TPSA) is 73.6 Å². The van der Waals surface area contributed by atoms with Gasteiger partial charge in [-0.15, -0.1) is 0 Å². The van der Waals surface area contributed by atoms with Crippen molar-refractivity contribution in [2.24, 2.45) is 0 Å². The number of carbonyl (C=O) groups excluding carboxylic acids is 1. The summed E-state index contributed by atoms with van der Waals surface area (Å²) < 4.78 is 56.1. The zero-order valence-electron chi connectivity index (χ0n) is 16.7. The Hall–Kier alpha value is -3.23. The van der Waals surface area contributed by atoms with Gasteiger partial charge in [0.25, 0.3) is 5.92 Å². The van der Waals surface area contributed by atoms with E-state index in [4.69, 9.17) is 13.9 Å². The van der Waals surface area contributed by atoms with Crippen molar-refractivity contribution in [3.05, 3.63) is 42.2 Å². The Morgan fingerprint density at radius 2 is 2.00 bits per heavy atom. The number of fused-ring (bicyclic) bond motifs is 1. The summed E-state index contributed by atoms with van der Waals surface area (Å²) in [4.78, 5) is 15.4. The lowest BCUT2D eigenvalue weighted by Gasteiger charge is -2.13. The normalized spacial score (nSPS) is 12.6. The summed E-state index contributed by atoms with van der Waals surface area (Å²) in [5.74, 6) is -3.59. The molecular weight excluding hydrogens is 401 g/mol. The highest BCUT2D eigenvalue weighted by Crippen LogP contribution is 2.30. The Bertz CT molecular complexity index is 1050. The van der Waals surface area contributed by atoms with Crippen molar-refractivity contribution in [3.63, 3.8) is 0 Å². The van der Waals surface area contributed by atoms with E-state index in [0.29, 0.717) is 29.3 Å². The summed E-state index contributed by atoms with van der Waals surface area (Å²) in [5, 5.41) is 2.72. The second-order valence-electron chi connectivity index (χ2n) is 7.07. The zero-order chi connectivity index (χ0) is 21.9. The van der Waals surface area contributed by atoms with Crippen molar-refractivity contribution in [2.45, 2.75) is 32.7 Å². The standard InChI is InChI=1S/C21H21F3N2O4/c1-12(25-13(2)27)10-28-15-5-6-17-19(9-15)30-20(26-17)14-4-7-18(16(22)8-14)29-11-21(3,23)24/h4-9,12H,10-11H2,1-3H3,(H,25,27)/t12-/m0/s1. The summed E-state index contributed by atoms with van der Waals surface area (Å²) in [6, 6.07) is 8.71. The van der Waals surface area contributed by atoms with Gasteiger partial charge in [-0.2, -0.15) is 0 Å². The van der Waals surface area contributed by atoms with Crippen LogP contribution in [0.25, 0.3) is 22.6 Å². The molecule has 0 saturated carbocycles. The van der Waals surface area contributed by atoms with E-state index >= 15 is 0 Å². The second kappa shape index (κ2) is 8.64. The average molecular weight is 422 g/mol. The van der Waals surface area contributed by atoms with Gasteiger partial charge < -0.3 is 19.2 Å². The van der Waals surface area contributed by atoms with Crippen LogP contribution in [-0.4, -0.2) is 36.1 Å². The molecule has 0 unspecified atom stereocenters. The van der Waals surface area contributed by atoms with E-state index in [0.717, 1.165) is 6.07 Å². The van der Waals surface area contributed by atoms with Crippen LogP contribution in [0.15, 0.2) is 40.8 Å². The fraction of sp³-hybridized carbons (Fsp3) is 0.333. The largest absolute Gasteiger partial charge is 0.491 e. The number of alkyl halides is 2. The van der Waals surface area contributed by atoms with E-state index < -0.39 is 18.3 Å². The molecule has 6 nitrogen and oxygen atoms in total. The number of halogens is 3. The molecule has 1 N–H and O–H groups in total. The number of amides is 1. The Kier molecular flexibility index (Phi) is 6.19. The monoisotopic (exact) mass is 422 g/mol. The van der Waals surface area contributed by atoms with Gasteiger partial charge in [0.2, 0.25) is 11.8 Å². The smallest absolute Gasteiger partial charge is 0.278 e. The number of ether oxygens (including phenoxy) is 2. The van der Waals surface area contributed by atoms with E-state index in [1.165, 1.54) is 19.1 Å². The third kappa shape index (κ3) is 5.65. The van der Waals surface area contributed by atoms with Crippen molar-refractivity contribution in [1.82, 2.24) is 10.3 Å². The molecule has 9 heteroatoms. The highest BCUT2D eigenvalue weighted by atomic mass is 19.3. The fourth-order valence-corrected chi connectivity index (χ4v) is 2.68. The summed E-state index contributed by atoms with van der Waals surface area (Å²) in [6.45, 7) is 3.29. The number of hydrogen-bond donors (Lipinski definition) is 1. The Morgan fingerprint density at radius 1 is 1.23 bits per heavy atom. The van der Waals surface area contributed by atoms with Crippen LogP contribution in [0.3, 0.4) is 0 Å². The number of carbonyl (C=O) groups is 1. The van der Waals surface area contributed by atoms with Crippen molar-refractivity contribution in [1.29, 1.82) is 0 Å². The van der Waals surface area contributed by atoms with Crippen LogP contribution in [0.4, 0.5) is 13.2 Å². The van der Waals surface area contributed by atoms with Gasteiger partial charge in [0.15, 0.2) is 23.8 Å². The minimum Gasteiger partial charge on any atom is -0.491 e. The van der Waals surface area contributed by atoms with Gasteiger partial charge in [0, 0.05) is 25.5 Å². The number of hydrogen-bond acceptors (Lipinski definition) is 5. The van der Waals surface area contributed by atoms with Gasteiger partial charge in [0.05, 0.1) is 6.04 Å². The van der Waals surface area contributed by atoms with E-state index in [2.05, 4.69) is 10.3 Å². The SMILES string of the molecule is CC(=O)N[C@@H](C)COc1ccc2nc(-c3ccc(OCC(C)(F)F)c(F)c3)oc2c1. The molecule has 0 bridgehead atoms. The minimum absolute atomic E-state index is 0.145. The maximum atomic E-state index is 14.2. The molecule has 0 aliphatic heterocycles. The highest BCUT2D eigenvalue weighted by Gasteiger charge is 2.23. The minimum atomic E-state index is -3.06. The van der Waals surface area contributed by atoms with Crippen LogP contribution in [-0.2, 0) is 4.79 Å². The van der Waals surface area contributed by atoms with E-state index in [9.17, 15) is 18.0 Å². The zero-order valence-corrected chi connectivity index (χ0v) is 16.7. The van der Waals surface area contributed by atoms with Gasteiger partial charge >= 0.3 is 0 Å². The lowest BCUT2D eigenvalue weighted by molar-refractivity contribution is -0.119. The number of nitrogens with zero attached hydrogens (tertiary/aromatic N) is 1.